The van der Waals surface area contributed by atoms with Gasteiger partial charge in [-0.3, -0.25) is 9.59 Å². The second-order valence-electron chi connectivity index (χ2n) is 5.29. The molecule has 7 nitrogen and oxygen atoms in total. The van der Waals surface area contributed by atoms with E-state index >= 15 is 0 Å². The van der Waals surface area contributed by atoms with Gasteiger partial charge in [-0.25, -0.2) is 0 Å². The van der Waals surface area contributed by atoms with Crippen LogP contribution in [-0.4, -0.2) is 46.0 Å². The van der Waals surface area contributed by atoms with Crippen molar-refractivity contribution in [2.24, 2.45) is 11.7 Å². The fourth-order valence-corrected chi connectivity index (χ4v) is 2.11. The number of benzene rings is 1. The van der Waals surface area contributed by atoms with Gasteiger partial charge >= 0.3 is 11.9 Å². The molecule has 128 valence electrons. The zero-order valence-electron chi connectivity index (χ0n) is 12.8. The van der Waals surface area contributed by atoms with Crippen LogP contribution in [0, 0.1) is 5.92 Å². The van der Waals surface area contributed by atoms with Crippen LogP contribution in [0.2, 0.25) is 0 Å². The first-order valence-electron chi connectivity index (χ1n) is 7.45. The number of carbonyl (C=O) groups is 2. The third kappa shape index (κ3) is 6.77. The van der Waals surface area contributed by atoms with Crippen molar-refractivity contribution < 1.29 is 29.6 Å². The Morgan fingerprint density at radius 3 is 2.30 bits per heavy atom. The predicted octanol–water partition coefficient (Wildman–Crippen LogP) is 0.281. The lowest BCUT2D eigenvalue weighted by Gasteiger charge is -2.19. The van der Waals surface area contributed by atoms with Crippen LogP contribution in [0.15, 0.2) is 30.3 Å². The SMILES string of the molecule is NCCC(O)CCC(O)C(C(=O)O)C(=O)OCc1ccccc1. The number of aliphatic hydroxyl groups is 2. The number of nitrogens with two attached hydrogens (primary N) is 1. The molecule has 0 aliphatic heterocycles. The number of carbonyl (C=O) groups excluding carboxylic acids is 1. The van der Waals surface area contributed by atoms with Crippen LogP contribution in [0.25, 0.3) is 0 Å². The maximum Gasteiger partial charge on any atom is 0.323 e. The summed E-state index contributed by atoms with van der Waals surface area (Å²) in [5.74, 6) is -4.13. The fourth-order valence-electron chi connectivity index (χ4n) is 2.11. The number of aliphatic carboxylic acids is 1. The Kier molecular flexibility index (Phi) is 8.25. The van der Waals surface area contributed by atoms with E-state index in [-0.39, 0.29) is 19.4 Å². The van der Waals surface area contributed by atoms with Crippen molar-refractivity contribution in [2.45, 2.75) is 38.1 Å². The molecule has 0 saturated heterocycles. The van der Waals surface area contributed by atoms with Crippen LogP contribution in [0.5, 0.6) is 0 Å². The molecular weight excluding hydrogens is 302 g/mol. The summed E-state index contributed by atoms with van der Waals surface area (Å²) in [7, 11) is 0. The maximum absolute atomic E-state index is 11.9. The maximum atomic E-state index is 11.9. The van der Waals surface area contributed by atoms with Crippen LogP contribution >= 0.6 is 0 Å². The van der Waals surface area contributed by atoms with Gasteiger partial charge in [0.2, 0.25) is 0 Å². The number of hydrogen-bond acceptors (Lipinski definition) is 6. The van der Waals surface area contributed by atoms with Gasteiger partial charge in [-0.2, -0.15) is 0 Å². The van der Waals surface area contributed by atoms with Gasteiger partial charge < -0.3 is 25.8 Å². The van der Waals surface area contributed by atoms with E-state index in [1.54, 1.807) is 24.3 Å². The monoisotopic (exact) mass is 325 g/mol. The number of ether oxygens (including phenoxy) is 1. The van der Waals surface area contributed by atoms with Crippen LogP contribution < -0.4 is 5.73 Å². The number of aliphatic hydroxyl groups excluding tert-OH is 2. The molecule has 0 aliphatic carbocycles. The van der Waals surface area contributed by atoms with E-state index in [1.165, 1.54) is 0 Å². The Bertz CT molecular complexity index is 493. The smallest absolute Gasteiger partial charge is 0.323 e. The molecule has 7 heteroatoms. The van der Waals surface area contributed by atoms with E-state index in [9.17, 15) is 19.8 Å². The average Bonchev–Trinajstić information content (AvgIpc) is 2.52. The van der Waals surface area contributed by atoms with Crippen molar-refractivity contribution in [3.05, 3.63) is 35.9 Å². The quantitative estimate of drug-likeness (QED) is 0.359. The number of esters is 1. The standard InChI is InChI=1S/C16H23NO6/c17-9-8-12(18)6-7-13(19)14(15(20)21)16(22)23-10-11-4-2-1-3-5-11/h1-5,12-14,18-19H,6-10,17H2,(H,20,21). The van der Waals surface area contributed by atoms with Gasteiger partial charge in [0.15, 0.2) is 5.92 Å². The van der Waals surface area contributed by atoms with Gasteiger partial charge in [-0.15, -0.1) is 0 Å². The Morgan fingerprint density at radius 2 is 1.74 bits per heavy atom. The lowest BCUT2D eigenvalue weighted by molar-refractivity contribution is -0.165. The summed E-state index contributed by atoms with van der Waals surface area (Å²) in [6.07, 6.45) is -1.68. The highest BCUT2D eigenvalue weighted by molar-refractivity contribution is 5.94. The van der Waals surface area contributed by atoms with Crippen molar-refractivity contribution in [3.8, 4) is 0 Å². The fraction of sp³-hybridized carbons (Fsp3) is 0.500. The summed E-state index contributed by atoms with van der Waals surface area (Å²) < 4.78 is 4.96. The van der Waals surface area contributed by atoms with E-state index in [0.29, 0.717) is 13.0 Å². The highest BCUT2D eigenvalue weighted by atomic mass is 16.5. The number of carboxylic acid groups (broad SMARTS) is 1. The van der Waals surface area contributed by atoms with E-state index in [0.717, 1.165) is 5.56 Å². The molecule has 0 radical (unpaired) electrons. The van der Waals surface area contributed by atoms with Gasteiger partial charge in [0.05, 0.1) is 12.2 Å². The number of carboxylic acids is 1. The molecule has 3 unspecified atom stereocenters. The van der Waals surface area contributed by atoms with E-state index in [2.05, 4.69) is 0 Å². The minimum absolute atomic E-state index is 0.0292. The molecule has 23 heavy (non-hydrogen) atoms. The molecule has 0 aromatic heterocycles. The van der Waals surface area contributed by atoms with Gasteiger partial charge in [0.25, 0.3) is 0 Å². The second-order valence-corrected chi connectivity index (χ2v) is 5.29. The molecule has 0 aliphatic rings. The Morgan fingerprint density at radius 1 is 1.09 bits per heavy atom. The summed E-state index contributed by atoms with van der Waals surface area (Å²) in [5, 5.41) is 28.6. The summed E-state index contributed by atoms with van der Waals surface area (Å²) in [6, 6.07) is 8.82. The van der Waals surface area contributed by atoms with Crippen LogP contribution in [0.4, 0.5) is 0 Å². The van der Waals surface area contributed by atoms with Crippen molar-refractivity contribution in [2.75, 3.05) is 6.54 Å². The molecule has 1 aromatic rings. The third-order valence-electron chi connectivity index (χ3n) is 3.42. The minimum Gasteiger partial charge on any atom is -0.481 e. The molecule has 0 heterocycles. The zero-order valence-corrected chi connectivity index (χ0v) is 12.8. The van der Waals surface area contributed by atoms with Gasteiger partial charge in [0, 0.05) is 0 Å². The van der Waals surface area contributed by atoms with E-state index < -0.39 is 30.1 Å². The van der Waals surface area contributed by atoms with Crippen molar-refractivity contribution in [1.82, 2.24) is 0 Å². The predicted molar refractivity (Wildman–Crippen MR) is 82.3 cm³/mol. The molecule has 0 spiro atoms. The first-order valence-corrected chi connectivity index (χ1v) is 7.45. The van der Waals surface area contributed by atoms with E-state index in [4.69, 9.17) is 15.6 Å². The van der Waals surface area contributed by atoms with Crippen LogP contribution in [0.1, 0.15) is 24.8 Å². The minimum atomic E-state index is -1.68. The largest absolute Gasteiger partial charge is 0.481 e. The molecular formula is C16H23NO6. The zero-order chi connectivity index (χ0) is 17.2. The Hall–Kier alpha value is -1.96. The number of hydrogen-bond donors (Lipinski definition) is 4. The van der Waals surface area contributed by atoms with Gasteiger partial charge in [-0.1, -0.05) is 30.3 Å². The molecule has 5 N–H and O–H groups in total. The van der Waals surface area contributed by atoms with Crippen LogP contribution in [0.3, 0.4) is 0 Å². The first kappa shape index (κ1) is 19.1. The lowest BCUT2D eigenvalue weighted by Crippen LogP contribution is -2.37. The molecule has 0 bridgehead atoms. The highest BCUT2D eigenvalue weighted by Gasteiger charge is 2.35. The molecule has 0 saturated carbocycles. The summed E-state index contributed by atoms with van der Waals surface area (Å²) in [4.78, 5) is 23.1. The van der Waals surface area contributed by atoms with Crippen molar-refractivity contribution in [3.63, 3.8) is 0 Å². The summed E-state index contributed by atoms with van der Waals surface area (Å²) in [5.41, 5.74) is 6.02. The molecule has 1 aromatic carbocycles. The van der Waals surface area contributed by atoms with Crippen molar-refractivity contribution >= 4 is 11.9 Å². The molecule has 0 amide bonds. The highest BCUT2D eigenvalue weighted by Crippen LogP contribution is 2.16. The molecule has 0 fully saturated rings. The third-order valence-corrected chi connectivity index (χ3v) is 3.42. The molecule has 3 atom stereocenters. The normalized spacial score (nSPS) is 14.7. The van der Waals surface area contributed by atoms with Gasteiger partial charge in [-0.05, 0) is 31.4 Å². The summed E-state index contributed by atoms with van der Waals surface area (Å²) >= 11 is 0. The van der Waals surface area contributed by atoms with Crippen molar-refractivity contribution in [1.29, 1.82) is 0 Å². The average molecular weight is 325 g/mol. The Labute approximate surface area is 134 Å². The lowest BCUT2D eigenvalue weighted by atomic mass is 9.96. The second kappa shape index (κ2) is 9.94. The molecule has 1 rings (SSSR count). The number of rotatable bonds is 10. The van der Waals surface area contributed by atoms with Crippen LogP contribution in [-0.2, 0) is 20.9 Å². The summed E-state index contributed by atoms with van der Waals surface area (Å²) in [6.45, 7) is 0.227. The topological polar surface area (TPSA) is 130 Å². The van der Waals surface area contributed by atoms with E-state index in [1.807, 2.05) is 6.07 Å². The van der Waals surface area contributed by atoms with Gasteiger partial charge in [0.1, 0.15) is 6.61 Å². The first-order chi connectivity index (χ1) is 11.0. The Balaban J connectivity index is 2.55.